The van der Waals surface area contributed by atoms with E-state index in [1.165, 1.54) is 44.3 Å². The topological polar surface area (TPSA) is 56.4 Å². The lowest BCUT2D eigenvalue weighted by Crippen LogP contribution is -2.36. The molecule has 5 nitrogen and oxygen atoms in total. The van der Waals surface area contributed by atoms with E-state index in [0.717, 1.165) is 29.7 Å². The van der Waals surface area contributed by atoms with E-state index >= 15 is 0 Å². The van der Waals surface area contributed by atoms with Crippen LogP contribution >= 0.6 is 0 Å². The Morgan fingerprint density at radius 3 is 2.44 bits per heavy atom. The molecule has 4 rings (SSSR count). The van der Waals surface area contributed by atoms with Crippen molar-refractivity contribution in [2.75, 3.05) is 19.6 Å². The third kappa shape index (κ3) is 4.30. The number of likely N-dealkylation sites (tertiary alicyclic amines) is 1. The Morgan fingerprint density at radius 2 is 1.70 bits per heavy atom. The number of hydrogen-bond donors (Lipinski definition) is 1. The first-order valence-electron chi connectivity index (χ1n) is 10.00. The number of hydrogen-bond acceptors (Lipinski definition) is 3. The van der Waals surface area contributed by atoms with E-state index in [1.54, 1.807) is 12.3 Å². The van der Waals surface area contributed by atoms with Crippen molar-refractivity contribution in [1.82, 2.24) is 14.8 Å². The van der Waals surface area contributed by atoms with Gasteiger partial charge in [0.05, 0.1) is 0 Å². The van der Waals surface area contributed by atoms with E-state index in [-0.39, 0.29) is 11.5 Å². The van der Waals surface area contributed by atoms with E-state index < -0.39 is 0 Å². The number of rotatable bonds is 3. The van der Waals surface area contributed by atoms with Crippen molar-refractivity contribution < 1.29 is 4.79 Å². The largest absolute Gasteiger partial charge is 0.334 e. The summed E-state index contributed by atoms with van der Waals surface area (Å²) in [4.78, 5) is 31.4. The zero-order valence-corrected chi connectivity index (χ0v) is 15.7. The molecule has 1 N–H and O–H groups in total. The van der Waals surface area contributed by atoms with Gasteiger partial charge in [0, 0.05) is 37.5 Å². The first-order chi connectivity index (χ1) is 13.2. The second-order valence-corrected chi connectivity index (χ2v) is 7.71. The fraction of sp³-hybridized carbons (Fsp3) is 0.455. The highest BCUT2D eigenvalue weighted by Gasteiger charge is 2.22. The Bertz CT molecular complexity index is 849. The molecule has 2 aliphatic heterocycles. The van der Waals surface area contributed by atoms with E-state index in [9.17, 15) is 9.59 Å². The normalized spacial score (nSPS) is 18.0. The molecule has 3 heterocycles. The lowest BCUT2D eigenvalue weighted by Gasteiger charge is -2.28. The summed E-state index contributed by atoms with van der Waals surface area (Å²) < 4.78 is 0. The number of nitrogens with zero attached hydrogens (tertiary/aromatic N) is 2. The molecule has 142 valence electrons. The molecule has 0 atom stereocenters. The van der Waals surface area contributed by atoms with Gasteiger partial charge in [0.1, 0.15) is 0 Å². The van der Waals surface area contributed by atoms with Crippen LogP contribution in [0.1, 0.15) is 52.7 Å². The first kappa shape index (κ1) is 18.0. The Kier molecular flexibility index (Phi) is 5.39. The smallest absolute Gasteiger partial charge is 0.254 e. The highest BCUT2D eigenvalue weighted by atomic mass is 16.2. The Labute approximate surface area is 160 Å². The SMILES string of the molecule is O=C(c1ccc(CN2CCCCCC2)cc1)N1CCc2cc(=O)[nH]cc2C1. The number of nitrogens with one attached hydrogen (secondary N) is 1. The molecule has 1 fully saturated rings. The molecule has 0 saturated carbocycles. The zero-order chi connectivity index (χ0) is 18.6. The first-order valence-corrected chi connectivity index (χ1v) is 10.00. The number of fused-ring (bicyclic) bond motifs is 1. The van der Waals surface area contributed by atoms with E-state index in [2.05, 4.69) is 22.0 Å². The fourth-order valence-corrected chi connectivity index (χ4v) is 4.12. The average molecular weight is 365 g/mol. The third-order valence-corrected chi connectivity index (χ3v) is 5.71. The lowest BCUT2D eigenvalue weighted by molar-refractivity contribution is 0.0734. The van der Waals surface area contributed by atoms with Gasteiger partial charge in [-0.15, -0.1) is 0 Å². The number of amides is 1. The summed E-state index contributed by atoms with van der Waals surface area (Å²) in [6.07, 6.45) is 7.74. The van der Waals surface area contributed by atoms with Crippen LogP contribution in [0.25, 0.3) is 0 Å². The van der Waals surface area contributed by atoms with Crippen LogP contribution in [0.5, 0.6) is 0 Å². The van der Waals surface area contributed by atoms with Crippen LogP contribution in [0.4, 0.5) is 0 Å². The van der Waals surface area contributed by atoms with Gasteiger partial charge in [0.2, 0.25) is 5.56 Å². The number of H-pyrrole nitrogens is 1. The second kappa shape index (κ2) is 8.09. The summed E-state index contributed by atoms with van der Waals surface area (Å²) in [5, 5.41) is 0. The molecule has 2 aliphatic rings. The van der Waals surface area contributed by atoms with Crippen molar-refractivity contribution in [3.05, 3.63) is 69.1 Å². The molecule has 1 aromatic heterocycles. The van der Waals surface area contributed by atoms with Gasteiger partial charge >= 0.3 is 0 Å². The Hall–Kier alpha value is -2.40. The summed E-state index contributed by atoms with van der Waals surface area (Å²) >= 11 is 0. The number of aromatic nitrogens is 1. The molecule has 1 saturated heterocycles. The van der Waals surface area contributed by atoms with Crippen LogP contribution in [0.2, 0.25) is 0 Å². The lowest BCUT2D eigenvalue weighted by atomic mass is 10.0. The molecule has 0 bridgehead atoms. The predicted octanol–water partition coefficient (Wildman–Crippen LogP) is 2.95. The highest BCUT2D eigenvalue weighted by Crippen LogP contribution is 2.19. The molecule has 0 aliphatic carbocycles. The van der Waals surface area contributed by atoms with E-state index in [4.69, 9.17) is 0 Å². The quantitative estimate of drug-likeness (QED) is 0.910. The van der Waals surface area contributed by atoms with Gasteiger partial charge in [-0.1, -0.05) is 25.0 Å². The van der Waals surface area contributed by atoms with Crippen LogP contribution in [0.3, 0.4) is 0 Å². The summed E-state index contributed by atoms with van der Waals surface area (Å²) in [6, 6.07) is 9.74. The summed E-state index contributed by atoms with van der Waals surface area (Å²) in [6.45, 7) is 4.54. The van der Waals surface area contributed by atoms with Crippen molar-refractivity contribution >= 4 is 5.91 Å². The number of pyridine rings is 1. The van der Waals surface area contributed by atoms with Crippen LogP contribution in [-0.2, 0) is 19.5 Å². The number of aromatic amines is 1. The molecule has 0 radical (unpaired) electrons. The highest BCUT2D eigenvalue weighted by molar-refractivity contribution is 5.94. The van der Waals surface area contributed by atoms with E-state index in [1.807, 2.05) is 17.0 Å². The molecular weight excluding hydrogens is 338 g/mol. The molecular formula is C22H27N3O2. The van der Waals surface area contributed by atoms with Crippen molar-refractivity contribution in [1.29, 1.82) is 0 Å². The molecule has 1 amide bonds. The van der Waals surface area contributed by atoms with Crippen LogP contribution in [0, 0.1) is 0 Å². The predicted molar refractivity (Wildman–Crippen MR) is 106 cm³/mol. The summed E-state index contributed by atoms with van der Waals surface area (Å²) in [7, 11) is 0. The van der Waals surface area contributed by atoms with Crippen molar-refractivity contribution in [2.24, 2.45) is 0 Å². The number of carbonyl (C=O) groups is 1. The molecule has 1 aromatic carbocycles. The minimum atomic E-state index is -0.0754. The van der Waals surface area contributed by atoms with Crippen LogP contribution in [0.15, 0.2) is 41.3 Å². The number of benzene rings is 1. The second-order valence-electron chi connectivity index (χ2n) is 7.71. The Balaban J connectivity index is 1.40. The van der Waals surface area contributed by atoms with Gasteiger partial charge in [-0.05, 0) is 61.2 Å². The molecule has 5 heteroatoms. The zero-order valence-electron chi connectivity index (χ0n) is 15.7. The van der Waals surface area contributed by atoms with Crippen LogP contribution < -0.4 is 5.56 Å². The Morgan fingerprint density at radius 1 is 0.963 bits per heavy atom. The monoisotopic (exact) mass is 365 g/mol. The molecule has 0 unspecified atom stereocenters. The number of carbonyl (C=O) groups excluding carboxylic acids is 1. The maximum Gasteiger partial charge on any atom is 0.254 e. The van der Waals surface area contributed by atoms with E-state index in [0.29, 0.717) is 13.1 Å². The summed E-state index contributed by atoms with van der Waals surface area (Å²) in [5.41, 5.74) is 4.02. The van der Waals surface area contributed by atoms with Gasteiger partial charge in [-0.2, -0.15) is 0 Å². The summed E-state index contributed by atoms with van der Waals surface area (Å²) in [5.74, 6) is 0.0631. The maximum absolute atomic E-state index is 12.9. The maximum atomic E-state index is 12.9. The molecule has 0 spiro atoms. The van der Waals surface area contributed by atoms with Crippen LogP contribution in [-0.4, -0.2) is 40.3 Å². The molecule has 27 heavy (non-hydrogen) atoms. The van der Waals surface area contributed by atoms with Crippen molar-refractivity contribution in [3.63, 3.8) is 0 Å². The standard InChI is InChI=1S/C22H27N3O2/c26-21-13-19-9-12-25(16-20(19)14-23-21)22(27)18-7-5-17(6-8-18)15-24-10-3-1-2-4-11-24/h5-8,13-14H,1-4,9-12,15-16H2,(H,23,26). The van der Waals surface area contributed by atoms with Gasteiger partial charge < -0.3 is 9.88 Å². The van der Waals surface area contributed by atoms with Crippen molar-refractivity contribution in [3.8, 4) is 0 Å². The van der Waals surface area contributed by atoms with Gasteiger partial charge in [-0.3, -0.25) is 14.5 Å². The minimum Gasteiger partial charge on any atom is -0.334 e. The third-order valence-electron chi connectivity index (χ3n) is 5.71. The van der Waals surface area contributed by atoms with Gasteiger partial charge in [-0.25, -0.2) is 0 Å². The average Bonchev–Trinajstić information content (AvgIpc) is 2.96. The fourth-order valence-electron chi connectivity index (χ4n) is 4.12. The van der Waals surface area contributed by atoms with Gasteiger partial charge in [0.25, 0.3) is 5.91 Å². The minimum absolute atomic E-state index is 0.0631. The van der Waals surface area contributed by atoms with Gasteiger partial charge in [0.15, 0.2) is 0 Å². The van der Waals surface area contributed by atoms with Crippen molar-refractivity contribution in [2.45, 2.75) is 45.2 Å². The molecule has 2 aromatic rings.